The molecular formula is C22H31NO5. The third kappa shape index (κ3) is 3.97. The number of hydrogen-bond acceptors (Lipinski definition) is 6. The summed E-state index contributed by atoms with van der Waals surface area (Å²) in [5.41, 5.74) is 2.21. The molecule has 2 heterocycles. The number of carbonyl (C=O) groups excluding carboxylic acids is 1. The second kappa shape index (κ2) is 8.43. The Morgan fingerprint density at radius 2 is 2.07 bits per heavy atom. The highest BCUT2D eigenvalue weighted by Crippen LogP contribution is 2.46. The molecule has 0 spiro atoms. The summed E-state index contributed by atoms with van der Waals surface area (Å²) >= 11 is 0. The van der Waals surface area contributed by atoms with E-state index >= 15 is 0 Å². The molecule has 1 N–H and O–H groups in total. The quantitative estimate of drug-likeness (QED) is 0.751. The minimum atomic E-state index is -0.320. The maximum atomic E-state index is 12.7. The molecule has 1 saturated heterocycles. The molecule has 3 unspecified atom stereocenters. The van der Waals surface area contributed by atoms with E-state index in [0.29, 0.717) is 17.1 Å². The number of para-hydroxylation sites is 1. The number of methoxy groups -OCH3 is 3. The molecular weight excluding hydrogens is 358 g/mol. The van der Waals surface area contributed by atoms with Crippen molar-refractivity contribution in [2.45, 2.75) is 57.1 Å². The van der Waals surface area contributed by atoms with Gasteiger partial charge in [0.2, 0.25) is 0 Å². The predicted octanol–water partition coefficient (Wildman–Crippen LogP) is 3.56. The van der Waals surface area contributed by atoms with Crippen LogP contribution in [0.1, 0.15) is 51.0 Å². The van der Waals surface area contributed by atoms with Gasteiger partial charge in [-0.25, -0.2) is 4.79 Å². The van der Waals surface area contributed by atoms with Crippen molar-refractivity contribution in [3.63, 3.8) is 0 Å². The molecule has 0 aliphatic carbocycles. The number of ether oxygens (including phenoxy) is 4. The highest BCUT2D eigenvalue weighted by molar-refractivity contribution is 5.91. The van der Waals surface area contributed by atoms with Gasteiger partial charge < -0.3 is 24.3 Å². The Morgan fingerprint density at radius 3 is 2.68 bits per heavy atom. The Balaban J connectivity index is 2.04. The maximum absolute atomic E-state index is 12.7. The van der Waals surface area contributed by atoms with Crippen molar-refractivity contribution in [3.8, 4) is 11.5 Å². The first-order valence-electron chi connectivity index (χ1n) is 9.82. The molecule has 6 heteroatoms. The average Bonchev–Trinajstić information content (AvgIpc) is 3.18. The average molecular weight is 389 g/mol. The fraction of sp³-hybridized carbons (Fsp3) is 0.591. The van der Waals surface area contributed by atoms with Gasteiger partial charge in [-0.15, -0.1) is 0 Å². The van der Waals surface area contributed by atoms with Crippen LogP contribution in [0.3, 0.4) is 0 Å². The smallest absolute Gasteiger partial charge is 0.336 e. The van der Waals surface area contributed by atoms with Crippen molar-refractivity contribution >= 4 is 5.97 Å². The van der Waals surface area contributed by atoms with Crippen molar-refractivity contribution in [3.05, 3.63) is 35.0 Å². The summed E-state index contributed by atoms with van der Waals surface area (Å²) in [6, 6.07) is 5.80. The van der Waals surface area contributed by atoms with Crippen LogP contribution < -0.4 is 14.8 Å². The van der Waals surface area contributed by atoms with Crippen molar-refractivity contribution in [2.75, 3.05) is 27.9 Å². The van der Waals surface area contributed by atoms with Crippen LogP contribution in [0.25, 0.3) is 0 Å². The number of rotatable bonds is 6. The van der Waals surface area contributed by atoms with Crippen LogP contribution in [0.5, 0.6) is 11.5 Å². The van der Waals surface area contributed by atoms with Gasteiger partial charge in [-0.05, 0) is 45.6 Å². The Labute approximate surface area is 167 Å². The molecule has 0 amide bonds. The molecule has 2 aliphatic rings. The fourth-order valence-corrected chi connectivity index (χ4v) is 4.68. The highest BCUT2D eigenvalue weighted by atomic mass is 16.5. The van der Waals surface area contributed by atoms with E-state index in [-0.39, 0.29) is 23.5 Å². The van der Waals surface area contributed by atoms with Gasteiger partial charge >= 0.3 is 5.97 Å². The van der Waals surface area contributed by atoms with Gasteiger partial charge in [0.1, 0.15) is 0 Å². The summed E-state index contributed by atoms with van der Waals surface area (Å²) in [7, 11) is 4.67. The SMILES string of the molecule is COC(=O)C1=C(C)NC(C)(CC2CCCO2)CC1c1cccc(OC)c1OC. The number of nitrogens with one attached hydrogen (secondary N) is 1. The van der Waals surface area contributed by atoms with Gasteiger partial charge in [-0.2, -0.15) is 0 Å². The van der Waals surface area contributed by atoms with Gasteiger partial charge in [-0.1, -0.05) is 12.1 Å². The monoisotopic (exact) mass is 389 g/mol. The lowest BCUT2D eigenvalue weighted by molar-refractivity contribution is -0.136. The second-order valence-electron chi connectivity index (χ2n) is 7.89. The molecule has 0 bridgehead atoms. The molecule has 28 heavy (non-hydrogen) atoms. The van der Waals surface area contributed by atoms with Gasteiger partial charge in [0.15, 0.2) is 11.5 Å². The molecule has 2 aliphatic heterocycles. The summed E-state index contributed by atoms with van der Waals surface area (Å²) in [6.07, 6.45) is 4.06. The molecule has 1 aromatic carbocycles. The van der Waals surface area contributed by atoms with E-state index in [1.165, 1.54) is 7.11 Å². The number of carbonyl (C=O) groups is 1. The molecule has 1 aromatic rings. The van der Waals surface area contributed by atoms with Crippen LogP contribution in [-0.2, 0) is 14.3 Å². The molecule has 3 rings (SSSR count). The Morgan fingerprint density at radius 1 is 1.29 bits per heavy atom. The number of esters is 1. The molecule has 154 valence electrons. The lowest BCUT2D eigenvalue weighted by atomic mass is 9.73. The van der Waals surface area contributed by atoms with Crippen LogP contribution in [0.4, 0.5) is 0 Å². The largest absolute Gasteiger partial charge is 0.493 e. The van der Waals surface area contributed by atoms with Crippen molar-refractivity contribution < 1.29 is 23.7 Å². The minimum absolute atomic E-state index is 0.162. The van der Waals surface area contributed by atoms with Crippen LogP contribution in [-0.4, -0.2) is 45.5 Å². The van der Waals surface area contributed by atoms with Gasteiger partial charge in [-0.3, -0.25) is 0 Å². The first-order valence-corrected chi connectivity index (χ1v) is 9.82. The topological polar surface area (TPSA) is 66.0 Å². The molecule has 6 nitrogen and oxygen atoms in total. The van der Waals surface area contributed by atoms with E-state index in [4.69, 9.17) is 18.9 Å². The fourth-order valence-electron chi connectivity index (χ4n) is 4.68. The van der Waals surface area contributed by atoms with Gasteiger partial charge in [0.25, 0.3) is 0 Å². The van der Waals surface area contributed by atoms with Crippen molar-refractivity contribution in [1.82, 2.24) is 5.32 Å². The van der Waals surface area contributed by atoms with Crippen LogP contribution >= 0.6 is 0 Å². The van der Waals surface area contributed by atoms with E-state index < -0.39 is 0 Å². The summed E-state index contributed by atoms with van der Waals surface area (Å²) in [5.74, 6) is 0.830. The van der Waals surface area contributed by atoms with E-state index in [0.717, 1.165) is 43.6 Å². The van der Waals surface area contributed by atoms with E-state index in [2.05, 4.69) is 12.2 Å². The van der Waals surface area contributed by atoms with E-state index in [9.17, 15) is 4.79 Å². The van der Waals surface area contributed by atoms with E-state index in [1.54, 1.807) is 14.2 Å². The predicted molar refractivity (Wildman–Crippen MR) is 107 cm³/mol. The Bertz CT molecular complexity index is 753. The lowest BCUT2D eigenvalue weighted by Crippen LogP contribution is -2.49. The summed E-state index contributed by atoms with van der Waals surface area (Å²) < 4.78 is 22.1. The summed E-state index contributed by atoms with van der Waals surface area (Å²) in [4.78, 5) is 12.7. The third-order valence-electron chi connectivity index (χ3n) is 5.81. The van der Waals surface area contributed by atoms with E-state index in [1.807, 2.05) is 25.1 Å². The molecule has 3 atom stereocenters. The Kier molecular flexibility index (Phi) is 6.18. The standard InChI is InChI=1S/C22H31NO5/c1-14-19(21(24)27-5)17(16-9-6-10-18(25-3)20(16)26-4)13-22(2,23-14)12-15-8-7-11-28-15/h6,9-10,15,17,23H,7-8,11-13H2,1-5H3. The second-order valence-corrected chi connectivity index (χ2v) is 7.89. The summed E-state index contributed by atoms with van der Waals surface area (Å²) in [6.45, 7) is 4.97. The summed E-state index contributed by atoms with van der Waals surface area (Å²) in [5, 5.41) is 3.58. The van der Waals surface area contributed by atoms with Crippen molar-refractivity contribution in [2.24, 2.45) is 0 Å². The zero-order chi connectivity index (χ0) is 20.3. The first-order chi connectivity index (χ1) is 13.4. The van der Waals surface area contributed by atoms with Gasteiger partial charge in [0, 0.05) is 29.3 Å². The van der Waals surface area contributed by atoms with Crippen LogP contribution in [0.2, 0.25) is 0 Å². The zero-order valence-electron chi connectivity index (χ0n) is 17.5. The highest BCUT2D eigenvalue weighted by Gasteiger charge is 2.42. The number of benzene rings is 1. The molecule has 0 radical (unpaired) electrons. The van der Waals surface area contributed by atoms with Gasteiger partial charge in [0.05, 0.1) is 33.0 Å². The van der Waals surface area contributed by atoms with Crippen LogP contribution in [0, 0.1) is 0 Å². The minimum Gasteiger partial charge on any atom is -0.493 e. The zero-order valence-corrected chi connectivity index (χ0v) is 17.5. The number of allylic oxidation sites excluding steroid dienone is 1. The Hall–Kier alpha value is -2.21. The number of hydrogen-bond donors (Lipinski definition) is 1. The molecule has 0 aromatic heterocycles. The maximum Gasteiger partial charge on any atom is 0.336 e. The third-order valence-corrected chi connectivity index (χ3v) is 5.81. The first kappa shape index (κ1) is 20.5. The van der Waals surface area contributed by atoms with Crippen molar-refractivity contribution in [1.29, 1.82) is 0 Å². The van der Waals surface area contributed by atoms with Crippen LogP contribution in [0.15, 0.2) is 29.5 Å². The molecule has 1 fully saturated rings. The normalized spacial score (nSPS) is 27.3. The lowest BCUT2D eigenvalue weighted by Gasteiger charge is -2.42. The molecule has 0 saturated carbocycles.